The molecule has 0 saturated carbocycles. The molecule has 12 aromatic rings. The minimum absolute atomic E-state index is 0.178. The summed E-state index contributed by atoms with van der Waals surface area (Å²) in [6, 6.07) is 47.1. The van der Waals surface area contributed by atoms with E-state index >= 15 is 0 Å². The van der Waals surface area contributed by atoms with Gasteiger partial charge in [-0.1, -0.05) is 170 Å². The van der Waals surface area contributed by atoms with Gasteiger partial charge in [-0.2, -0.15) is 0 Å². The number of carbonyl (C=O) groups excluding carboxylic acids is 8. The molecular weight excluding hydrogens is 1780 g/mol. The number of likely N-dealkylation sites (N-methyl/N-ethyl adjacent to an activating group) is 4. The van der Waals surface area contributed by atoms with Crippen molar-refractivity contribution in [2.75, 3.05) is 159 Å². The molecule has 0 saturated heterocycles. The van der Waals surface area contributed by atoms with Crippen molar-refractivity contribution >= 4 is 165 Å². The number of fused-ring (bicyclic) bond motifs is 4. The molecule has 0 fully saturated rings. The van der Waals surface area contributed by atoms with E-state index in [1.807, 2.05) is 78.9 Å². The van der Waals surface area contributed by atoms with Crippen LogP contribution in [-0.4, -0.2) is 210 Å². The molecule has 12 rings (SSSR count). The molecule has 0 aliphatic heterocycles. The fourth-order valence-corrected chi connectivity index (χ4v) is 20.5. The number of aryl methyl sites for hydroxylation is 2. The molecule has 0 radical (unpaired) electrons. The Morgan fingerprint density at radius 3 is 0.895 bits per heavy atom. The van der Waals surface area contributed by atoms with Crippen molar-refractivity contribution in [3.8, 4) is 73.3 Å². The molecule has 133 heavy (non-hydrogen) atoms. The lowest BCUT2D eigenvalue weighted by molar-refractivity contribution is -0.115. The lowest BCUT2D eigenvalue weighted by atomic mass is 10.0. The molecule has 5 N–H and O–H groups in total. The summed E-state index contributed by atoms with van der Waals surface area (Å²) in [5.74, 6) is 0.132. The molecule has 0 bridgehead atoms. The normalized spacial score (nSPS) is 11.1. The van der Waals surface area contributed by atoms with Crippen LogP contribution >= 0.6 is 57.1 Å². The number of thioether (sulfide) groups is 1. The summed E-state index contributed by atoms with van der Waals surface area (Å²) in [6.45, 7) is 47.6. The third kappa shape index (κ3) is 27.6. The zero-order valence-corrected chi connectivity index (χ0v) is 83.9. The topological polar surface area (TPSA) is 292 Å². The van der Waals surface area contributed by atoms with Gasteiger partial charge in [0, 0.05) is 103 Å². The van der Waals surface area contributed by atoms with Crippen LogP contribution in [0.1, 0.15) is 163 Å². The van der Waals surface area contributed by atoms with E-state index in [0.29, 0.717) is 79.8 Å². The molecule has 4 aromatic heterocycles. The molecule has 4 amide bonds. The first-order valence-corrected chi connectivity index (χ1v) is 49.7. The number of amides is 4. The summed E-state index contributed by atoms with van der Waals surface area (Å²) in [6.07, 6.45) is 2.05. The van der Waals surface area contributed by atoms with Crippen LogP contribution in [0, 0.1) is 13.8 Å². The van der Waals surface area contributed by atoms with Crippen LogP contribution in [0.3, 0.4) is 0 Å². The summed E-state index contributed by atoms with van der Waals surface area (Å²) in [5.41, 5.74) is 11.5. The number of nitrogens with zero attached hydrogens (tertiary/aromatic N) is 4. The van der Waals surface area contributed by atoms with Gasteiger partial charge in [0.1, 0.15) is 97.4 Å². The highest BCUT2D eigenvalue weighted by molar-refractivity contribution is 7.98. The number of hydrogen-bond acceptors (Lipinski definition) is 26. The third-order valence-electron chi connectivity index (χ3n) is 21.8. The molecule has 25 nitrogen and oxygen atoms in total. The number of anilines is 4. The van der Waals surface area contributed by atoms with Gasteiger partial charge in [-0.3, -0.25) is 19.2 Å². The number of thiophene rings is 4. The van der Waals surface area contributed by atoms with Gasteiger partial charge in [0.15, 0.2) is 0 Å². The van der Waals surface area contributed by atoms with E-state index in [2.05, 4.69) is 171 Å². The minimum atomic E-state index is -0.487. The number of esters is 4. The monoisotopic (exact) mass is 1910 g/mol. The Morgan fingerprint density at radius 1 is 0.323 bits per heavy atom. The SMILES string of the molecule is CCOC(=O)c1c(NC(C)=O)sc2c(OCCN(CC)CC)c(-c3ccc(C)cc3)ccc12.CCOC(=O)c1c(NC(C)=O)sc2c(OCCN(CC)CC)c(-c3ccc(O)cc3)ccc12.CCOC(=O)c1c(NC(C)=O)sc2c(OCCN(CC)CC)c(-c3cccc(C)c3)ccc12.CCOC(=O)c1c(NC(C)=O)sc2c(OCCN(CC)CC)c(-c3ccccc3SC)ccc12. The number of hydrogen-bond donors (Lipinski definition) is 5. The number of phenolic OH excluding ortho intramolecular Hbond substituents is 1. The summed E-state index contributed by atoms with van der Waals surface area (Å²) in [4.78, 5) is 109. The van der Waals surface area contributed by atoms with Gasteiger partial charge >= 0.3 is 23.9 Å². The fourth-order valence-electron chi connectivity index (χ4n) is 14.9. The zero-order chi connectivity index (χ0) is 96.5. The van der Waals surface area contributed by atoms with Crippen LogP contribution in [0.5, 0.6) is 28.7 Å². The van der Waals surface area contributed by atoms with Crippen molar-refractivity contribution in [1.82, 2.24) is 19.6 Å². The largest absolute Gasteiger partial charge is 0.508 e. The predicted molar refractivity (Wildman–Crippen MR) is 546 cm³/mol. The highest BCUT2D eigenvalue weighted by atomic mass is 32.2. The molecule has 0 aliphatic rings. The van der Waals surface area contributed by atoms with E-state index in [1.54, 1.807) is 51.6 Å². The van der Waals surface area contributed by atoms with E-state index in [9.17, 15) is 43.5 Å². The van der Waals surface area contributed by atoms with Crippen molar-refractivity contribution in [1.29, 1.82) is 0 Å². The van der Waals surface area contributed by atoms with Crippen molar-refractivity contribution in [3.05, 3.63) is 179 Å². The number of rotatable bonds is 41. The lowest BCUT2D eigenvalue weighted by Crippen LogP contribution is -2.28. The van der Waals surface area contributed by atoms with Gasteiger partial charge in [-0.15, -0.1) is 57.1 Å². The van der Waals surface area contributed by atoms with E-state index in [1.165, 1.54) is 78.6 Å². The number of benzene rings is 8. The third-order valence-corrected chi connectivity index (χ3v) is 27.1. The van der Waals surface area contributed by atoms with Crippen LogP contribution in [-0.2, 0) is 38.1 Å². The molecule has 4 heterocycles. The van der Waals surface area contributed by atoms with Crippen molar-refractivity contribution in [2.45, 2.75) is 130 Å². The second-order valence-electron chi connectivity index (χ2n) is 30.6. The molecule has 710 valence electrons. The van der Waals surface area contributed by atoms with Crippen LogP contribution in [0.2, 0.25) is 0 Å². The van der Waals surface area contributed by atoms with Gasteiger partial charge in [0.05, 0.1) is 45.2 Å². The highest BCUT2D eigenvalue weighted by Gasteiger charge is 2.31. The Labute approximate surface area is 801 Å². The number of ether oxygens (including phenoxy) is 8. The van der Waals surface area contributed by atoms with Gasteiger partial charge in [-0.25, -0.2) is 19.2 Å². The van der Waals surface area contributed by atoms with E-state index < -0.39 is 23.9 Å². The molecule has 8 aromatic carbocycles. The van der Waals surface area contributed by atoms with Crippen molar-refractivity contribution < 1.29 is 81.4 Å². The quantitative estimate of drug-likeness (QED) is 0.0135. The highest BCUT2D eigenvalue weighted by Crippen LogP contribution is 2.52. The number of nitrogens with one attached hydrogen (secondary N) is 4. The second-order valence-corrected chi connectivity index (χ2v) is 35.5. The van der Waals surface area contributed by atoms with Crippen LogP contribution in [0.25, 0.3) is 84.9 Å². The van der Waals surface area contributed by atoms with Gasteiger partial charge in [-0.05, 0) is 165 Å². The van der Waals surface area contributed by atoms with Gasteiger partial charge in [0.25, 0.3) is 0 Å². The Bertz CT molecular complexity index is 5790. The molecule has 0 spiro atoms. The van der Waals surface area contributed by atoms with Gasteiger partial charge < -0.3 is 83.9 Å². The molecule has 0 aliphatic carbocycles. The minimum Gasteiger partial charge on any atom is -0.508 e. The first-order valence-electron chi connectivity index (χ1n) is 45.3. The molecule has 0 atom stereocenters. The van der Waals surface area contributed by atoms with Crippen molar-refractivity contribution in [2.24, 2.45) is 0 Å². The number of carbonyl (C=O) groups is 8. The first kappa shape index (κ1) is 105. The Hall–Kier alpha value is -11.5. The standard InChI is InChI=1S/C26H32N2O4S2.2C26H32N2O4S.C25H30N2O5S/c1-6-28(7-2)15-16-32-23-19(18-11-9-10-12-21(18)33-5)13-14-20-22(26(30)31-8-3)25(27-17(4)29)34-24(20)23;1-6-28(7-2)15-16-32-23-20(19-11-9-17(4)10-12-19)13-14-21-22(26(30)31-8-3)25(27-18(5)29)33-24(21)23;1-6-28(7-2)14-15-32-23-20(19-11-9-10-17(4)16-19)12-13-21-22(26(30)31-8-3)25(27-18(5)29)33-24(21)23;1-5-27(6-2)14-15-32-22-19(17-8-10-18(29)11-9-17)12-13-20-21(25(30)31-7-3)24(26-16(4)28)33-23(20)22/h9-14H,6-8,15-16H2,1-5H3,(H,27,29);9-14H,6-8,15-16H2,1-5H3,(H,27,29);9-13,16H,6-8,14-15H2,1-5H3,(H,27,29);8-13,29H,5-7,14-15H2,1-4H3,(H,26,28). The zero-order valence-electron chi connectivity index (χ0n) is 79.8. The van der Waals surface area contributed by atoms with Crippen molar-refractivity contribution in [3.63, 3.8) is 0 Å². The van der Waals surface area contributed by atoms with E-state index in [4.69, 9.17) is 37.9 Å². The average Bonchev–Trinajstić information content (AvgIpc) is 1.63. The predicted octanol–water partition coefficient (Wildman–Crippen LogP) is 22.7. The summed E-state index contributed by atoms with van der Waals surface area (Å²) in [7, 11) is 0. The summed E-state index contributed by atoms with van der Waals surface area (Å²) < 4.78 is 49.9. The Kier molecular flexibility index (Phi) is 41.4. The number of phenols is 1. The number of aromatic hydroxyl groups is 1. The van der Waals surface area contributed by atoms with Crippen LogP contribution in [0.4, 0.5) is 20.0 Å². The average molecular weight is 1910 g/mol. The fraction of sp³-hybridized carbons (Fsp3) is 0.379. The maximum absolute atomic E-state index is 12.9. The van der Waals surface area contributed by atoms with Crippen LogP contribution in [0.15, 0.2) is 150 Å². The molecule has 30 heteroatoms. The summed E-state index contributed by atoms with van der Waals surface area (Å²) >= 11 is 7.01. The lowest BCUT2D eigenvalue weighted by Gasteiger charge is -2.20. The Morgan fingerprint density at radius 2 is 0.609 bits per heavy atom. The smallest absolute Gasteiger partial charge is 0.341 e. The Balaban J connectivity index is 0.000000199. The van der Waals surface area contributed by atoms with Crippen LogP contribution < -0.4 is 40.2 Å². The molecule has 0 unspecified atom stereocenters. The van der Waals surface area contributed by atoms with E-state index in [0.717, 1.165) is 186 Å². The second kappa shape index (κ2) is 52.3. The van der Waals surface area contributed by atoms with Gasteiger partial charge in [0.2, 0.25) is 23.6 Å². The maximum atomic E-state index is 12.9. The van der Waals surface area contributed by atoms with E-state index in [-0.39, 0.29) is 55.8 Å². The molecular formula is C103H126N8O17S5. The maximum Gasteiger partial charge on any atom is 0.341 e. The first-order chi connectivity index (χ1) is 64.1. The summed E-state index contributed by atoms with van der Waals surface area (Å²) in [5, 5.41) is 25.6.